The normalized spacial score (nSPS) is 21.7. The van der Waals surface area contributed by atoms with E-state index in [9.17, 15) is 14.4 Å². The number of ether oxygens (including phenoxy) is 3. The molecule has 1 aliphatic rings. The highest BCUT2D eigenvalue weighted by Gasteiger charge is 2.35. The summed E-state index contributed by atoms with van der Waals surface area (Å²) in [5, 5.41) is 2.48. The predicted molar refractivity (Wildman–Crippen MR) is 125 cm³/mol. The van der Waals surface area contributed by atoms with Crippen LogP contribution in [0.4, 0.5) is 4.79 Å². The van der Waals surface area contributed by atoms with E-state index < -0.39 is 29.7 Å². The molecule has 4 unspecified atom stereocenters. The second kappa shape index (κ2) is 12.1. The highest BCUT2D eigenvalue weighted by atomic mass is 16.6. The van der Waals surface area contributed by atoms with Gasteiger partial charge in [0.25, 0.3) is 0 Å². The Morgan fingerprint density at radius 3 is 2.36 bits per heavy atom. The van der Waals surface area contributed by atoms with Crippen LogP contribution in [0.1, 0.15) is 72.8 Å². The molecule has 1 aromatic rings. The largest absolute Gasteiger partial charge is 0.462 e. The maximum Gasteiger partial charge on any atom is 0.408 e. The van der Waals surface area contributed by atoms with Gasteiger partial charge in [0.2, 0.25) is 0 Å². The fourth-order valence-corrected chi connectivity index (χ4v) is 4.11. The number of carbonyl (C=O) groups excluding carboxylic acids is 3. The number of esters is 2. The summed E-state index contributed by atoms with van der Waals surface area (Å²) in [6.45, 7) is 11.6. The number of nitrogens with one attached hydrogen (secondary N) is 1. The van der Waals surface area contributed by atoms with Crippen LogP contribution in [-0.2, 0) is 30.4 Å². The van der Waals surface area contributed by atoms with Crippen molar-refractivity contribution in [3.63, 3.8) is 0 Å². The zero-order valence-electron chi connectivity index (χ0n) is 20.8. The summed E-state index contributed by atoms with van der Waals surface area (Å²) in [4.78, 5) is 37.9. The topological polar surface area (TPSA) is 90.9 Å². The van der Waals surface area contributed by atoms with Crippen LogP contribution in [0, 0.1) is 17.8 Å². The summed E-state index contributed by atoms with van der Waals surface area (Å²) in [7, 11) is 0. The summed E-state index contributed by atoms with van der Waals surface area (Å²) in [5.74, 6) is -0.0878. The van der Waals surface area contributed by atoms with Crippen molar-refractivity contribution >= 4 is 18.0 Å². The van der Waals surface area contributed by atoms with Crippen LogP contribution in [0.5, 0.6) is 0 Å². The average Bonchev–Trinajstić information content (AvgIpc) is 2.70. The molecule has 33 heavy (non-hydrogen) atoms. The lowest BCUT2D eigenvalue weighted by atomic mass is 9.75. The fourth-order valence-electron chi connectivity index (χ4n) is 4.11. The second-order valence-electron chi connectivity index (χ2n) is 10.4. The molecule has 4 atom stereocenters. The molecule has 0 spiro atoms. The molecule has 7 nitrogen and oxygen atoms in total. The van der Waals surface area contributed by atoms with Crippen LogP contribution in [-0.4, -0.2) is 35.8 Å². The van der Waals surface area contributed by atoms with Crippen LogP contribution < -0.4 is 5.32 Å². The van der Waals surface area contributed by atoms with E-state index >= 15 is 0 Å². The van der Waals surface area contributed by atoms with Crippen molar-refractivity contribution < 1.29 is 28.6 Å². The van der Waals surface area contributed by atoms with Crippen LogP contribution in [0.2, 0.25) is 0 Å². The number of hydrogen-bond acceptors (Lipinski definition) is 6. The van der Waals surface area contributed by atoms with Gasteiger partial charge in [-0.15, -0.1) is 0 Å². The molecule has 1 amide bonds. The second-order valence-corrected chi connectivity index (χ2v) is 10.4. The minimum absolute atomic E-state index is 0.0385. The molecule has 2 rings (SSSR count). The standard InChI is InChI=1S/C26H39NO6/c1-17(2)20-13-12-18(3)14-22(20)32-23(28)15-21(27-25(30)33-26(4,5)6)24(29)31-16-19-10-8-7-9-11-19/h7-11,17-18,20-22H,12-16H2,1-6H3,(H,27,30). The Bertz CT molecular complexity index is 786. The molecule has 0 heterocycles. The van der Waals surface area contributed by atoms with Gasteiger partial charge in [0, 0.05) is 0 Å². The lowest BCUT2D eigenvalue weighted by Gasteiger charge is -2.36. The molecule has 0 saturated heterocycles. The van der Waals surface area contributed by atoms with E-state index in [0.29, 0.717) is 11.8 Å². The molecule has 184 valence electrons. The Kier molecular flexibility index (Phi) is 9.74. The Morgan fingerprint density at radius 1 is 1.09 bits per heavy atom. The maximum absolute atomic E-state index is 12.8. The van der Waals surface area contributed by atoms with E-state index in [-0.39, 0.29) is 25.0 Å². The third-order valence-corrected chi connectivity index (χ3v) is 5.81. The van der Waals surface area contributed by atoms with Gasteiger partial charge in [0.05, 0.1) is 6.42 Å². The van der Waals surface area contributed by atoms with Crippen molar-refractivity contribution in [3.05, 3.63) is 35.9 Å². The first kappa shape index (κ1) is 26.7. The number of benzene rings is 1. The molecule has 0 radical (unpaired) electrons. The molecule has 7 heteroatoms. The average molecular weight is 462 g/mol. The first-order valence-electron chi connectivity index (χ1n) is 11.8. The molecule has 0 bridgehead atoms. The van der Waals surface area contributed by atoms with Gasteiger partial charge >= 0.3 is 18.0 Å². The first-order valence-corrected chi connectivity index (χ1v) is 11.8. The van der Waals surface area contributed by atoms with Crippen LogP contribution >= 0.6 is 0 Å². The number of alkyl carbamates (subject to hydrolysis) is 1. The molecule has 1 aliphatic carbocycles. The fraction of sp³-hybridized carbons (Fsp3) is 0.654. The van der Waals surface area contributed by atoms with E-state index in [1.807, 2.05) is 30.3 Å². The zero-order valence-corrected chi connectivity index (χ0v) is 20.8. The van der Waals surface area contributed by atoms with E-state index in [1.165, 1.54) is 0 Å². The lowest BCUT2D eigenvalue weighted by molar-refractivity contribution is -0.160. The minimum atomic E-state index is -1.20. The van der Waals surface area contributed by atoms with Gasteiger partial charge in [-0.3, -0.25) is 4.79 Å². The van der Waals surface area contributed by atoms with E-state index in [1.54, 1.807) is 20.8 Å². The van der Waals surface area contributed by atoms with Gasteiger partial charge in [-0.2, -0.15) is 0 Å². The molecule has 0 aliphatic heterocycles. The third-order valence-electron chi connectivity index (χ3n) is 5.81. The summed E-state index contributed by atoms with van der Waals surface area (Å²) < 4.78 is 16.5. The highest BCUT2D eigenvalue weighted by molar-refractivity contribution is 5.86. The Hall–Kier alpha value is -2.57. The summed E-state index contributed by atoms with van der Waals surface area (Å²) >= 11 is 0. The Labute approximate surface area is 197 Å². The number of amides is 1. The van der Waals surface area contributed by atoms with E-state index in [4.69, 9.17) is 14.2 Å². The van der Waals surface area contributed by atoms with Crippen LogP contribution in [0.3, 0.4) is 0 Å². The monoisotopic (exact) mass is 461 g/mol. The van der Waals surface area contributed by atoms with Crippen LogP contribution in [0.25, 0.3) is 0 Å². The molecule has 1 saturated carbocycles. The summed E-state index contributed by atoms with van der Waals surface area (Å²) in [6.07, 6.45) is 1.63. The highest BCUT2D eigenvalue weighted by Crippen LogP contribution is 2.35. The van der Waals surface area contributed by atoms with Crippen molar-refractivity contribution in [1.29, 1.82) is 0 Å². The number of rotatable bonds is 8. The third kappa shape index (κ3) is 9.44. The lowest BCUT2D eigenvalue weighted by Crippen LogP contribution is -2.46. The van der Waals surface area contributed by atoms with Gasteiger partial charge in [-0.05, 0) is 56.9 Å². The SMILES string of the molecule is CC1CCC(C(C)C)C(OC(=O)CC(NC(=O)OC(C)(C)C)C(=O)OCc2ccccc2)C1. The smallest absolute Gasteiger partial charge is 0.408 e. The maximum atomic E-state index is 12.8. The molecule has 1 fully saturated rings. The first-order chi connectivity index (χ1) is 15.4. The molecule has 1 aromatic carbocycles. The predicted octanol–water partition coefficient (Wildman–Crippen LogP) is 5.02. The van der Waals surface area contributed by atoms with Crippen LogP contribution in [0.15, 0.2) is 30.3 Å². The summed E-state index contributed by atoms with van der Waals surface area (Å²) in [5.41, 5.74) is 0.0617. The summed E-state index contributed by atoms with van der Waals surface area (Å²) in [6, 6.07) is 8.00. The van der Waals surface area contributed by atoms with Gasteiger partial charge < -0.3 is 19.5 Å². The number of carbonyl (C=O) groups is 3. The number of hydrogen-bond donors (Lipinski definition) is 1. The quantitative estimate of drug-likeness (QED) is 0.432. The van der Waals surface area contributed by atoms with Gasteiger partial charge in [0.1, 0.15) is 24.4 Å². The van der Waals surface area contributed by atoms with Crippen molar-refractivity contribution in [2.75, 3.05) is 0 Å². The van der Waals surface area contributed by atoms with E-state index in [2.05, 4.69) is 26.1 Å². The van der Waals surface area contributed by atoms with Crippen molar-refractivity contribution in [2.24, 2.45) is 17.8 Å². The minimum Gasteiger partial charge on any atom is -0.462 e. The van der Waals surface area contributed by atoms with Gasteiger partial charge in [-0.25, -0.2) is 9.59 Å². The zero-order chi connectivity index (χ0) is 24.6. The Morgan fingerprint density at radius 2 is 1.76 bits per heavy atom. The van der Waals surface area contributed by atoms with Gasteiger partial charge in [0.15, 0.2) is 0 Å². The Balaban J connectivity index is 2.05. The van der Waals surface area contributed by atoms with Crippen molar-refractivity contribution in [1.82, 2.24) is 5.32 Å². The van der Waals surface area contributed by atoms with Gasteiger partial charge in [-0.1, -0.05) is 57.5 Å². The molecular formula is C26H39NO6. The van der Waals surface area contributed by atoms with Crippen molar-refractivity contribution in [2.45, 2.75) is 91.6 Å². The van der Waals surface area contributed by atoms with E-state index in [0.717, 1.165) is 24.8 Å². The molecule has 1 N–H and O–H groups in total. The van der Waals surface area contributed by atoms with Crippen molar-refractivity contribution in [3.8, 4) is 0 Å². The molecule has 0 aromatic heterocycles. The molecular weight excluding hydrogens is 422 g/mol.